The third kappa shape index (κ3) is 2.39. The van der Waals surface area contributed by atoms with Crippen molar-refractivity contribution in [3.8, 4) is 5.75 Å². The smallest absolute Gasteiger partial charge is 0.115 e. The van der Waals surface area contributed by atoms with E-state index in [1.807, 2.05) is 18.2 Å². The average molecular weight is 230 g/mol. The Kier molecular flexibility index (Phi) is 3.20. The lowest BCUT2D eigenvalue weighted by atomic mass is 10.0. The van der Waals surface area contributed by atoms with Gasteiger partial charge >= 0.3 is 0 Å². The molecule has 0 aromatic heterocycles. The molecule has 0 bridgehead atoms. The zero-order chi connectivity index (χ0) is 11.5. The lowest BCUT2D eigenvalue weighted by molar-refractivity contribution is 0.475. The van der Waals surface area contributed by atoms with Crippen LogP contribution < -0.4 is 0 Å². The van der Waals surface area contributed by atoms with Gasteiger partial charge in [-0.05, 0) is 30.2 Å². The number of hydrogen-bond donors (Lipinski definition) is 2. The van der Waals surface area contributed by atoms with E-state index in [-0.39, 0.29) is 11.0 Å². The van der Waals surface area contributed by atoms with Gasteiger partial charge in [0.2, 0.25) is 0 Å². The summed E-state index contributed by atoms with van der Waals surface area (Å²) in [6.45, 7) is 2.07. The largest absolute Gasteiger partial charge is 0.508 e. The quantitative estimate of drug-likeness (QED) is 0.753. The van der Waals surface area contributed by atoms with Gasteiger partial charge in [-0.25, -0.2) is 0 Å². The number of aromatic hydroxyl groups is 1. The van der Waals surface area contributed by atoms with Crippen molar-refractivity contribution in [2.24, 2.45) is 0 Å². The summed E-state index contributed by atoms with van der Waals surface area (Å²) < 4.78 is 0. The highest BCUT2D eigenvalue weighted by Crippen LogP contribution is 2.29. The first-order valence-electron chi connectivity index (χ1n) is 5.20. The minimum Gasteiger partial charge on any atom is -0.508 e. The number of hydrogen-bond acceptors (Lipinski definition) is 2. The molecule has 0 aliphatic heterocycles. The monoisotopic (exact) mass is 230 g/mol. The zero-order valence-corrected chi connectivity index (χ0v) is 9.99. The Morgan fingerprint density at radius 2 is 1.69 bits per heavy atom. The molecule has 0 aliphatic carbocycles. The topological polar surface area (TPSA) is 20.2 Å². The molecule has 0 aliphatic rings. The Balaban J connectivity index is 2.31. The van der Waals surface area contributed by atoms with Crippen molar-refractivity contribution in [3.05, 3.63) is 65.2 Å². The molecule has 0 amide bonds. The molecule has 1 atom stereocenters. The summed E-state index contributed by atoms with van der Waals surface area (Å²) in [6.07, 6.45) is 0. The van der Waals surface area contributed by atoms with Gasteiger partial charge in [0, 0.05) is 0 Å². The molecule has 0 heterocycles. The van der Waals surface area contributed by atoms with Crippen LogP contribution in [-0.4, -0.2) is 5.11 Å². The van der Waals surface area contributed by atoms with Crippen molar-refractivity contribution in [3.63, 3.8) is 0 Å². The second-order valence-corrected chi connectivity index (χ2v) is 4.42. The highest BCUT2D eigenvalue weighted by molar-refractivity contribution is 7.80. The molecule has 0 spiro atoms. The third-order valence-electron chi connectivity index (χ3n) is 2.57. The lowest BCUT2D eigenvalue weighted by Crippen LogP contribution is -1.93. The minimum atomic E-state index is 0.0560. The van der Waals surface area contributed by atoms with Crippen molar-refractivity contribution in [2.45, 2.75) is 12.2 Å². The van der Waals surface area contributed by atoms with E-state index in [0.29, 0.717) is 0 Å². The molecular formula is C14H14OS. The van der Waals surface area contributed by atoms with Crippen molar-refractivity contribution in [2.75, 3.05) is 0 Å². The van der Waals surface area contributed by atoms with Crippen molar-refractivity contribution < 1.29 is 5.11 Å². The van der Waals surface area contributed by atoms with Gasteiger partial charge < -0.3 is 5.11 Å². The molecule has 1 N–H and O–H groups in total. The van der Waals surface area contributed by atoms with Crippen LogP contribution >= 0.6 is 12.6 Å². The maximum absolute atomic E-state index is 9.23. The number of benzene rings is 2. The van der Waals surface area contributed by atoms with Gasteiger partial charge in [0.15, 0.2) is 0 Å². The first-order valence-corrected chi connectivity index (χ1v) is 5.72. The Bertz CT molecular complexity index is 476. The second kappa shape index (κ2) is 4.62. The van der Waals surface area contributed by atoms with E-state index in [1.165, 1.54) is 11.1 Å². The van der Waals surface area contributed by atoms with Crippen LogP contribution in [0.5, 0.6) is 5.75 Å². The number of phenolic OH excluding ortho intramolecular Hbond substituents is 1. The molecule has 1 nitrogen and oxygen atoms in total. The normalized spacial score (nSPS) is 12.4. The van der Waals surface area contributed by atoms with Crippen LogP contribution in [0.15, 0.2) is 48.5 Å². The van der Waals surface area contributed by atoms with E-state index in [0.717, 1.165) is 5.56 Å². The fourth-order valence-corrected chi connectivity index (χ4v) is 2.02. The standard InChI is InChI=1S/C14H14OS/c1-10-3-2-4-12(9-10)14(16)11-5-7-13(15)8-6-11/h2-9,14-16H,1H3. The Hall–Kier alpha value is -1.41. The van der Waals surface area contributed by atoms with Gasteiger partial charge in [0.1, 0.15) is 5.75 Å². The third-order valence-corrected chi connectivity index (χ3v) is 3.16. The van der Waals surface area contributed by atoms with Crippen LogP contribution in [0.1, 0.15) is 21.9 Å². The predicted molar refractivity (Wildman–Crippen MR) is 70.1 cm³/mol. The summed E-state index contributed by atoms with van der Waals surface area (Å²) in [5.74, 6) is 0.286. The number of phenols is 1. The van der Waals surface area contributed by atoms with Gasteiger partial charge in [-0.1, -0.05) is 42.0 Å². The SMILES string of the molecule is Cc1cccc(C(S)c2ccc(O)cc2)c1. The van der Waals surface area contributed by atoms with Gasteiger partial charge in [-0.15, -0.1) is 0 Å². The van der Waals surface area contributed by atoms with Crippen LogP contribution in [0, 0.1) is 6.92 Å². The predicted octanol–water partition coefficient (Wildman–Crippen LogP) is 3.72. The molecule has 0 saturated heterocycles. The lowest BCUT2D eigenvalue weighted by Gasteiger charge is -2.12. The molecule has 1 unspecified atom stereocenters. The molecule has 0 fully saturated rings. The van der Waals surface area contributed by atoms with Gasteiger partial charge in [-0.2, -0.15) is 12.6 Å². The summed E-state index contributed by atoms with van der Waals surface area (Å²) in [7, 11) is 0. The molecule has 2 heteroatoms. The summed E-state index contributed by atoms with van der Waals surface area (Å²) in [5.41, 5.74) is 3.50. The summed E-state index contributed by atoms with van der Waals surface area (Å²) in [6, 6.07) is 15.5. The Morgan fingerprint density at radius 3 is 2.31 bits per heavy atom. The molecule has 0 radical (unpaired) electrons. The molecule has 0 saturated carbocycles. The Morgan fingerprint density at radius 1 is 1.00 bits per heavy atom. The number of aryl methyl sites for hydroxylation is 1. The zero-order valence-electron chi connectivity index (χ0n) is 9.09. The first kappa shape index (κ1) is 11.1. The fourth-order valence-electron chi connectivity index (χ4n) is 1.69. The highest BCUT2D eigenvalue weighted by Gasteiger charge is 2.08. The van der Waals surface area contributed by atoms with Crippen LogP contribution in [0.4, 0.5) is 0 Å². The molecule has 2 aromatic rings. The van der Waals surface area contributed by atoms with Gasteiger partial charge in [0.25, 0.3) is 0 Å². The van der Waals surface area contributed by atoms with Crippen LogP contribution in [0.2, 0.25) is 0 Å². The fraction of sp³-hybridized carbons (Fsp3) is 0.143. The average Bonchev–Trinajstić information content (AvgIpc) is 2.29. The summed E-state index contributed by atoms with van der Waals surface area (Å²) in [5, 5.41) is 9.28. The second-order valence-electron chi connectivity index (χ2n) is 3.91. The highest BCUT2D eigenvalue weighted by atomic mass is 32.1. The maximum Gasteiger partial charge on any atom is 0.115 e. The summed E-state index contributed by atoms with van der Waals surface area (Å²) >= 11 is 4.61. The van der Waals surface area contributed by atoms with Crippen molar-refractivity contribution >= 4 is 12.6 Å². The molecular weight excluding hydrogens is 216 g/mol. The maximum atomic E-state index is 9.23. The molecule has 16 heavy (non-hydrogen) atoms. The van der Waals surface area contributed by atoms with Gasteiger partial charge in [0.05, 0.1) is 5.25 Å². The number of thiol groups is 1. The molecule has 2 rings (SSSR count). The van der Waals surface area contributed by atoms with Crippen LogP contribution in [-0.2, 0) is 0 Å². The minimum absolute atomic E-state index is 0.0560. The number of rotatable bonds is 2. The van der Waals surface area contributed by atoms with E-state index >= 15 is 0 Å². The van der Waals surface area contributed by atoms with Crippen molar-refractivity contribution in [1.82, 2.24) is 0 Å². The van der Waals surface area contributed by atoms with Gasteiger partial charge in [-0.3, -0.25) is 0 Å². The van der Waals surface area contributed by atoms with E-state index in [9.17, 15) is 5.11 Å². The van der Waals surface area contributed by atoms with Crippen LogP contribution in [0.3, 0.4) is 0 Å². The van der Waals surface area contributed by atoms with E-state index < -0.39 is 0 Å². The van der Waals surface area contributed by atoms with E-state index in [4.69, 9.17) is 0 Å². The summed E-state index contributed by atoms with van der Waals surface area (Å²) in [4.78, 5) is 0. The van der Waals surface area contributed by atoms with E-state index in [2.05, 4.69) is 37.8 Å². The Labute approximate surface area is 101 Å². The first-order chi connectivity index (χ1) is 7.66. The van der Waals surface area contributed by atoms with Crippen molar-refractivity contribution in [1.29, 1.82) is 0 Å². The van der Waals surface area contributed by atoms with Crippen LogP contribution in [0.25, 0.3) is 0 Å². The molecule has 82 valence electrons. The van der Waals surface area contributed by atoms with E-state index in [1.54, 1.807) is 12.1 Å². The molecule has 2 aromatic carbocycles.